The van der Waals surface area contributed by atoms with Gasteiger partial charge < -0.3 is 4.74 Å². The van der Waals surface area contributed by atoms with E-state index in [0.717, 1.165) is 23.4 Å². The number of halogens is 1. The van der Waals surface area contributed by atoms with Gasteiger partial charge in [0, 0.05) is 5.33 Å². The van der Waals surface area contributed by atoms with Gasteiger partial charge in [-0.1, -0.05) is 41.9 Å². The van der Waals surface area contributed by atoms with Gasteiger partial charge in [0.05, 0.1) is 7.11 Å². The van der Waals surface area contributed by atoms with Crippen molar-refractivity contribution < 1.29 is 4.74 Å². The van der Waals surface area contributed by atoms with Crippen molar-refractivity contribution in [3.8, 4) is 5.75 Å². The first-order valence-electron chi connectivity index (χ1n) is 5.84. The van der Waals surface area contributed by atoms with Gasteiger partial charge in [0.15, 0.2) is 0 Å². The number of hydrogen-bond acceptors (Lipinski definition) is 1. The van der Waals surface area contributed by atoms with Crippen molar-refractivity contribution in [2.24, 2.45) is 11.8 Å². The standard InChI is InChI=1S/C14H21BrO/c1-11(2)7-13(10-15)8-12-5-4-6-14(9-12)16-3/h4-6,9,11,13H,7-8,10H2,1-3H3. The second kappa shape index (κ2) is 6.95. The van der Waals surface area contributed by atoms with Crippen LogP contribution in [0.2, 0.25) is 0 Å². The second-order valence-corrected chi connectivity index (χ2v) is 5.35. The Morgan fingerprint density at radius 3 is 2.62 bits per heavy atom. The fourth-order valence-corrected chi connectivity index (χ4v) is 2.49. The van der Waals surface area contributed by atoms with E-state index in [2.05, 4.69) is 48.0 Å². The Bertz CT molecular complexity index is 309. The van der Waals surface area contributed by atoms with E-state index < -0.39 is 0 Å². The van der Waals surface area contributed by atoms with E-state index in [1.807, 2.05) is 6.07 Å². The van der Waals surface area contributed by atoms with Crippen LogP contribution in [0.3, 0.4) is 0 Å². The van der Waals surface area contributed by atoms with Crippen molar-refractivity contribution in [2.45, 2.75) is 26.7 Å². The van der Waals surface area contributed by atoms with Gasteiger partial charge in [-0.05, 0) is 42.4 Å². The average Bonchev–Trinajstić information content (AvgIpc) is 2.28. The molecule has 0 aromatic heterocycles. The van der Waals surface area contributed by atoms with Crippen LogP contribution in [0, 0.1) is 11.8 Å². The smallest absolute Gasteiger partial charge is 0.119 e. The molecule has 1 atom stereocenters. The molecule has 90 valence electrons. The van der Waals surface area contributed by atoms with Crippen LogP contribution >= 0.6 is 15.9 Å². The van der Waals surface area contributed by atoms with Gasteiger partial charge in [-0.15, -0.1) is 0 Å². The van der Waals surface area contributed by atoms with Crippen LogP contribution in [0.4, 0.5) is 0 Å². The first-order valence-corrected chi connectivity index (χ1v) is 6.96. The third-order valence-corrected chi connectivity index (χ3v) is 3.60. The molecule has 0 fully saturated rings. The van der Waals surface area contributed by atoms with Crippen molar-refractivity contribution in [1.82, 2.24) is 0 Å². The summed E-state index contributed by atoms with van der Waals surface area (Å²) in [5.74, 6) is 2.43. The van der Waals surface area contributed by atoms with Crippen LogP contribution in [-0.4, -0.2) is 12.4 Å². The van der Waals surface area contributed by atoms with E-state index in [4.69, 9.17) is 4.74 Å². The molecule has 1 aromatic rings. The Labute approximate surface area is 107 Å². The minimum absolute atomic E-state index is 0.715. The van der Waals surface area contributed by atoms with Crippen LogP contribution in [0.25, 0.3) is 0 Å². The molecule has 1 nitrogen and oxygen atoms in total. The highest BCUT2D eigenvalue weighted by atomic mass is 79.9. The average molecular weight is 285 g/mol. The zero-order valence-electron chi connectivity index (χ0n) is 10.4. The molecule has 0 aliphatic carbocycles. The minimum atomic E-state index is 0.715. The van der Waals surface area contributed by atoms with Crippen molar-refractivity contribution in [2.75, 3.05) is 12.4 Å². The Morgan fingerprint density at radius 2 is 2.06 bits per heavy atom. The fourth-order valence-electron chi connectivity index (χ4n) is 2.00. The minimum Gasteiger partial charge on any atom is -0.497 e. The van der Waals surface area contributed by atoms with Gasteiger partial charge in [0.1, 0.15) is 5.75 Å². The molecule has 0 N–H and O–H groups in total. The lowest BCUT2D eigenvalue weighted by atomic mass is 9.92. The predicted molar refractivity (Wildman–Crippen MR) is 73.4 cm³/mol. The summed E-state index contributed by atoms with van der Waals surface area (Å²) >= 11 is 3.61. The molecule has 0 heterocycles. The quantitative estimate of drug-likeness (QED) is 0.708. The molecular formula is C14H21BrO. The molecule has 2 heteroatoms. The summed E-state index contributed by atoms with van der Waals surface area (Å²) in [6, 6.07) is 8.37. The summed E-state index contributed by atoms with van der Waals surface area (Å²) in [6.07, 6.45) is 2.39. The zero-order valence-corrected chi connectivity index (χ0v) is 12.0. The van der Waals surface area contributed by atoms with Crippen molar-refractivity contribution in [3.05, 3.63) is 29.8 Å². The molecule has 0 aliphatic heterocycles. The molecule has 0 spiro atoms. The topological polar surface area (TPSA) is 9.23 Å². The van der Waals surface area contributed by atoms with Crippen LogP contribution < -0.4 is 4.74 Å². The number of hydrogen-bond donors (Lipinski definition) is 0. The summed E-state index contributed by atoms with van der Waals surface area (Å²) in [5, 5.41) is 1.07. The maximum absolute atomic E-state index is 5.24. The molecule has 1 rings (SSSR count). The van der Waals surface area contributed by atoms with E-state index in [1.165, 1.54) is 12.0 Å². The molecule has 0 saturated carbocycles. The molecule has 0 bridgehead atoms. The lowest BCUT2D eigenvalue weighted by Gasteiger charge is -2.16. The first-order chi connectivity index (χ1) is 7.65. The predicted octanol–water partition coefficient (Wildman–Crippen LogP) is 4.29. The van der Waals surface area contributed by atoms with Crippen molar-refractivity contribution in [1.29, 1.82) is 0 Å². The maximum atomic E-state index is 5.24. The highest BCUT2D eigenvalue weighted by Gasteiger charge is 2.10. The second-order valence-electron chi connectivity index (χ2n) is 4.71. The van der Waals surface area contributed by atoms with Gasteiger partial charge in [0.25, 0.3) is 0 Å². The molecule has 16 heavy (non-hydrogen) atoms. The summed E-state index contributed by atoms with van der Waals surface area (Å²) in [6.45, 7) is 4.56. The summed E-state index contributed by atoms with van der Waals surface area (Å²) in [5.41, 5.74) is 1.37. The van der Waals surface area contributed by atoms with Crippen LogP contribution in [0.1, 0.15) is 25.8 Å². The monoisotopic (exact) mass is 284 g/mol. The van der Waals surface area contributed by atoms with E-state index in [0.29, 0.717) is 5.92 Å². The Kier molecular flexibility index (Phi) is 5.89. The normalized spacial score (nSPS) is 12.8. The van der Waals surface area contributed by atoms with Gasteiger partial charge in [-0.25, -0.2) is 0 Å². The maximum Gasteiger partial charge on any atom is 0.119 e. The van der Waals surface area contributed by atoms with Crippen LogP contribution in [0.15, 0.2) is 24.3 Å². The number of rotatable bonds is 6. The van der Waals surface area contributed by atoms with Crippen molar-refractivity contribution >= 4 is 15.9 Å². The largest absolute Gasteiger partial charge is 0.497 e. The third kappa shape index (κ3) is 4.56. The lowest BCUT2D eigenvalue weighted by Crippen LogP contribution is -2.09. The molecule has 1 unspecified atom stereocenters. The number of alkyl halides is 1. The number of benzene rings is 1. The van der Waals surface area contributed by atoms with E-state index in [1.54, 1.807) is 7.11 Å². The van der Waals surface area contributed by atoms with E-state index in [9.17, 15) is 0 Å². The summed E-state index contributed by atoms with van der Waals surface area (Å²) in [7, 11) is 1.72. The molecule has 0 aliphatic rings. The molecule has 0 radical (unpaired) electrons. The third-order valence-electron chi connectivity index (χ3n) is 2.68. The fraction of sp³-hybridized carbons (Fsp3) is 0.571. The van der Waals surface area contributed by atoms with Gasteiger partial charge in [-0.2, -0.15) is 0 Å². The van der Waals surface area contributed by atoms with E-state index >= 15 is 0 Å². The Morgan fingerprint density at radius 1 is 1.31 bits per heavy atom. The molecule has 1 aromatic carbocycles. The Balaban J connectivity index is 2.62. The van der Waals surface area contributed by atoms with E-state index in [-0.39, 0.29) is 0 Å². The highest BCUT2D eigenvalue weighted by Crippen LogP contribution is 2.21. The lowest BCUT2D eigenvalue weighted by molar-refractivity contribution is 0.412. The van der Waals surface area contributed by atoms with Crippen LogP contribution in [-0.2, 0) is 6.42 Å². The van der Waals surface area contributed by atoms with Gasteiger partial charge >= 0.3 is 0 Å². The highest BCUT2D eigenvalue weighted by molar-refractivity contribution is 9.09. The van der Waals surface area contributed by atoms with Gasteiger partial charge in [0.2, 0.25) is 0 Å². The van der Waals surface area contributed by atoms with Crippen LogP contribution in [0.5, 0.6) is 5.75 Å². The Hall–Kier alpha value is -0.500. The molecular weight excluding hydrogens is 264 g/mol. The SMILES string of the molecule is COc1cccc(CC(CBr)CC(C)C)c1. The molecule has 0 amide bonds. The molecule has 0 saturated heterocycles. The van der Waals surface area contributed by atoms with Gasteiger partial charge in [-0.3, -0.25) is 0 Å². The number of methoxy groups -OCH3 is 1. The first kappa shape index (κ1) is 13.6. The summed E-state index contributed by atoms with van der Waals surface area (Å²) < 4.78 is 5.24. The summed E-state index contributed by atoms with van der Waals surface area (Å²) in [4.78, 5) is 0. The van der Waals surface area contributed by atoms with Crippen molar-refractivity contribution in [3.63, 3.8) is 0 Å². The zero-order chi connectivity index (χ0) is 12.0. The number of ether oxygens (including phenoxy) is 1.